The molecular weight excluding hydrogens is 300 g/mol. The quantitative estimate of drug-likeness (QED) is 0.831. The van der Waals surface area contributed by atoms with Crippen molar-refractivity contribution >= 4 is 23.2 Å². The van der Waals surface area contributed by atoms with Crippen molar-refractivity contribution in [2.24, 2.45) is 5.73 Å². The van der Waals surface area contributed by atoms with Crippen LogP contribution in [0.1, 0.15) is 22.0 Å². The molecule has 0 radical (unpaired) electrons. The summed E-state index contributed by atoms with van der Waals surface area (Å²) in [6, 6.07) is 10.6. The van der Waals surface area contributed by atoms with Gasteiger partial charge in [0.25, 0.3) is 5.91 Å². The van der Waals surface area contributed by atoms with E-state index >= 15 is 0 Å². The maximum atomic E-state index is 12.2. The Morgan fingerprint density at radius 3 is 2.82 bits per heavy atom. The fraction of sp³-hybridized carbons (Fsp3) is 0.250. The van der Waals surface area contributed by atoms with Gasteiger partial charge in [0.05, 0.1) is 0 Å². The molecule has 5 nitrogen and oxygen atoms in total. The maximum absolute atomic E-state index is 12.2. The fourth-order valence-electron chi connectivity index (χ4n) is 2.09. The summed E-state index contributed by atoms with van der Waals surface area (Å²) < 4.78 is 0. The molecule has 0 bridgehead atoms. The van der Waals surface area contributed by atoms with Gasteiger partial charge in [-0.05, 0) is 43.9 Å². The molecule has 1 aromatic heterocycles. The average molecular weight is 319 g/mol. The summed E-state index contributed by atoms with van der Waals surface area (Å²) in [6.45, 7) is 0.733. The summed E-state index contributed by atoms with van der Waals surface area (Å²) in [7, 11) is 3.94. The summed E-state index contributed by atoms with van der Waals surface area (Å²) in [5, 5.41) is 3.13. The van der Waals surface area contributed by atoms with E-state index in [2.05, 4.69) is 10.3 Å². The lowest BCUT2D eigenvalue weighted by molar-refractivity contribution is 0.102. The molecule has 0 saturated carbocycles. The Bertz CT molecular complexity index is 660. The van der Waals surface area contributed by atoms with E-state index in [1.807, 2.05) is 43.3 Å². The number of amides is 1. The van der Waals surface area contributed by atoms with Gasteiger partial charge in [-0.25, -0.2) is 4.98 Å². The number of carbonyl (C=O) groups is 1. The largest absolute Gasteiger partial charge is 0.323 e. The van der Waals surface area contributed by atoms with Gasteiger partial charge in [0, 0.05) is 30.0 Å². The lowest BCUT2D eigenvalue weighted by atomic mass is 10.1. The third-order valence-electron chi connectivity index (χ3n) is 3.12. The molecule has 0 aliphatic rings. The minimum absolute atomic E-state index is 0.109. The number of nitrogens with two attached hydrogens (primary N) is 1. The van der Waals surface area contributed by atoms with Crippen molar-refractivity contribution in [1.29, 1.82) is 0 Å². The predicted molar refractivity (Wildman–Crippen MR) is 89.1 cm³/mol. The molecule has 2 rings (SSSR count). The SMILES string of the molecule is CN(C)CC(N)c1cccc(NC(=O)c2ccnc(Cl)c2)c1. The average Bonchev–Trinajstić information content (AvgIpc) is 2.47. The van der Waals surface area contributed by atoms with Crippen LogP contribution in [0.3, 0.4) is 0 Å². The molecule has 0 aliphatic carbocycles. The van der Waals surface area contributed by atoms with Gasteiger partial charge in [-0.2, -0.15) is 0 Å². The topological polar surface area (TPSA) is 71.2 Å². The van der Waals surface area contributed by atoms with E-state index in [0.29, 0.717) is 11.3 Å². The first-order valence-corrected chi connectivity index (χ1v) is 7.26. The molecule has 1 aromatic carbocycles. The van der Waals surface area contributed by atoms with E-state index in [1.54, 1.807) is 6.07 Å². The first-order valence-electron chi connectivity index (χ1n) is 6.89. The van der Waals surface area contributed by atoms with Gasteiger partial charge in [0.15, 0.2) is 0 Å². The number of hydrogen-bond acceptors (Lipinski definition) is 4. The molecular formula is C16H19ClN4O. The zero-order chi connectivity index (χ0) is 16.1. The summed E-state index contributed by atoms with van der Waals surface area (Å²) in [5.41, 5.74) is 8.28. The van der Waals surface area contributed by atoms with Crippen molar-refractivity contribution in [2.45, 2.75) is 6.04 Å². The highest BCUT2D eigenvalue weighted by Crippen LogP contribution is 2.18. The van der Waals surface area contributed by atoms with Crippen molar-refractivity contribution in [3.05, 3.63) is 58.9 Å². The zero-order valence-electron chi connectivity index (χ0n) is 12.6. The van der Waals surface area contributed by atoms with Gasteiger partial charge in [-0.1, -0.05) is 23.7 Å². The van der Waals surface area contributed by atoms with Gasteiger partial charge in [-0.3, -0.25) is 4.79 Å². The van der Waals surface area contributed by atoms with Crippen LogP contribution in [0.25, 0.3) is 0 Å². The highest BCUT2D eigenvalue weighted by Gasteiger charge is 2.10. The Hall–Kier alpha value is -1.95. The number of aromatic nitrogens is 1. The first kappa shape index (κ1) is 16.4. The number of nitrogens with zero attached hydrogens (tertiary/aromatic N) is 2. The zero-order valence-corrected chi connectivity index (χ0v) is 13.3. The van der Waals surface area contributed by atoms with E-state index in [0.717, 1.165) is 12.1 Å². The van der Waals surface area contributed by atoms with Gasteiger partial charge in [0.1, 0.15) is 5.15 Å². The molecule has 0 spiro atoms. The van der Waals surface area contributed by atoms with Crippen LogP contribution in [-0.2, 0) is 0 Å². The second-order valence-corrected chi connectivity index (χ2v) is 5.70. The Kier molecular flexibility index (Phi) is 5.49. The number of halogens is 1. The van der Waals surface area contributed by atoms with Crippen molar-refractivity contribution in [3.8, 4) is 0 Å². The van der Waals surface area contributed by atoms with Crippen molar-refractivity contribution < 1.29 is 4.79 Å². The monoisotopic (exact) mass is 318 g/mol. The van der Waals surface area contributed by atoms with Gasteiger partial charge in [0.2, 0.25) is 0 Å². The van der Waals surface area contributed by atoms with Crippen LogP contribution in [0.2, 0.25) is 5.15 Å². The van der Waals surface area contributed by atoms with Crippen molar-refractivity contribution in [1.82, 2.24) is 9.88 Å². The first-order chi connectivity index (χ1) is 10.5. The molecule has 0 fully saturated rings. The van der Waals surface area contributed by atoms with Crippen LogP contribution in [0.4, 0.5) is 5.69 Å². The van der Waals surface area contributed by atoms with E-state index in [-0.39, 0.29) is 17.1 Å². The Balaban J connectivity index is 2.11. The second-order valence-electron chi connectivity index (χ2n) is 5.32. The Labute approximate surface area is 135 Å². The third kappa shape index (κ3) is 4.53. The number of benzene rings is 1. The summed E-state index contributed by atoms with van der Waals surface area (Å²) >= 11 is 5.79. The molecule has 0 saturated heterocycles. The number of carbonyl (C=O) groups excluding carboxylic acids is 1. The number of likely N-dealkylation sites (N-methyl/N-ethyl adjacent to an activating group) is 1. The fourth-order valence-corrected chi connectivity index (χ4v) is 2.27. The smallest absolute Gasteiger partial charge is 0.255 e. The second kappa shape index (κ2) is 7.35. The highest BCUT2D eigenvalue weighted by molar-refractivity contribution is 6.29. The molecule has 6 heteroatoms. The van der Waals surface area contributed by atoms with E-state index < -0.39 is 0 Å². The van der Waals surface area contributed by atoms with E-state index in [1.165, 1.54) is 12.3 Å². The molecule has 3 N–H and O–H groups in total. The van der Waals surface area contributed by atoms with Gasteiger partial charge in [-0.15, -0.1) is 0 Å². The van der Waals surface area contributed by atoms with Crippen LogP contribution in [0, 0.1) is 0 Å². The highest BCUT2D eigenvalue weighted by atomic mass is 35.5. The number of rotatable bonds is 5. The van der Waals surface area contributed by atoms with Crippen LogP contribution in [0.5, 0.6) is 0 Å². The Morgan fingerprint density at radius 1 is 1.36 bits per heavy atom. The number of hydrogen-bond donors (Lipinski definition) is 2. The van der Waals surface area contributed by atoms with E-state index in [9.17, 15) is 4.79 Å². The summed E-state index contributed by atoms with van der Waals surface area (Å²) in [4.78, 5) is 18.1. The Morgan fingerprint density at radius 2 is 2.14 bits per heavy atom. The molecule has 1 heterocycles. The maximum Gasteiger partial charge on any atom is 0.255 e. The summed E-state index contributed by atoms with van der Waals surface area (Å²) in [5.74, 6) is -0.234. The standard InChI is InChI=1S/C16H19ClN4O/c1-21(2)10-14(18)11-4-3-5-13(8-11)20-16(22)12-6-7-19-15(17)9-12/h3-9,14H,10,18H2,1-2H3,(H,20,22). The molecule has 1 unspecified atom stereocenters. The van der Waals surface area contributed by atoms with E-state index in [4.69, 9.17) is 17.3 Å². The van der Waals surface area contributed by atoms with Crippen LogP contribution < -0.4 is 11.1 Å². The van der Waals surface area contributed by atoms with Crippen LogP contribution in [0.15, 0.2) is 42.6 Å². The van der Waals surface area contributed by atoms with Gasteiger partial charge < -0.3 is 16.0 Å². The summed E-state index contributed by atoms with van der Waals surface area (Å²) in [6.07, 6.45) is 1.50. The van der Waals surface area contributed by atoms with Crippen molar-refractivity contribution in [3.63, 3.8) is 0 Å². The minimum atomic E-state index is -0.234. The lowest BCUT2D eigenvalue weighted by Crippen LogP contribution is -2.26. The van der Waals surface area contributed by atoms with Gasteiger partial charge >= 0.3 is 0 Å². The third-order valence-corrected chi connectivity index (χ3v) is 3.33. The molecule has 1 amide bonds. The molecule has 1 atom stereocenters. The van der Waals surface area contributed by atoms with Crippen molar-refractivity contribution in [2.75, 3.05) is 26.0 Å². The molecule has 22 heavy (non-hydrogen) atoms. The number of pyridine rings is 1. The molecule has 0 aliphatic heterocycles. The molecule has 116 valence electrons. The molecule has 2 aromatic rings. The minimum Gasteiger partial charge on any atom is -0.323 e. The van der Waals surface area contributed by atoms with Crippen LogP contribution in [-0.4, -0.2) is 36.4 Å². The normalized spacial score (nSPS) is 12.2. The number of anilines is 1. The lowest BCUT2D eigenvalue weighted by Gasteiger charge is -2.18. The van der Waals surface area contributed by atoms with Crippen LogP contribution >= 0.6 is 11.6 Å². The predicted octanol–water partition coefficient (Wildman–Crippen LogP) is 2.55. The number of nitrogens with one attached hydrogen (secondary N) is 1.